The first kappa shape index (κ1) is 17.0. The van der Waals surface area contributed by atoms with Gasteiger partial charge in [0.25, 0.3) is 5.91 Å². The molecule has 1 fully saturated rings. The number of rotatable bonds is 5. The van der Waals surface area contributed by atoms with Crippen molar-refractivity contribution in [1.82, 2.24) is 10.6 Å². The van der Waals surface area contributed by atoms with Gasteiger partial charge in [-0.2, -0.15) is 0 Å². The van der Waals surface area contributed by atoms with E-state index >= 15 is 0 Å². The Bertz CT molecular complexity index is 536. The topological polar surface area (TPSA) is 78.4 Å². The monoisotopic (exact) mass is 368 g/mol. The van der Waals surface area contributed by atoms with Gasteiger partial charge in [-0.05, 0) is 31.0 Å². The number of carbonyl (C=O) groups excluding carboxylic acids is 2. The number of halogens is 1. The molecule has 0 bridgehead atoms. The standard InChI is InChI=1S/C16H21BrN2O3/c17-13-6-3-5-11(8-13)16(22)19-10-15(21)18-9-12-4-1-2-7-14(12)20/h3,5-6,8,12,14,20H,1-2,4,7,9-10H2,(H,18,21)(H,19,22)/t12-,14+/m0/s1. The Labute approximate surface area is 138 Å². The zero-order chi connectivity index (χ0) is 15.9. The van der Waals surface area contributed by atoms with Gasteiger partial charge in [0.2, 0.25) is 5.91 Å². The SMILES string of the molecule is O=C(CNC(=O)c1cccc(Br)c1)NC[C@@H]1CCCC[C@H]1O. The highest BCUT2D eigenvalue weighted by Crippen LogP contribution is 2.23. The number of carbonyl (C=O) groups is 2. The minimum Gasteiger partial charge on any atom is -0.393 e. The highest BCUT2D eigenvalue weighted by atomic mass is 79.9. The lowest BCUT2D eigenvalue weighted by Gasteiger charge is -2.27. The van der Waals surface area contributed by atoms with E-state index in [9.17, 15) is 14.7 Å². The van der Waals surface area contributed by atoms with Crippen molar-refractivity contribution in [3.05, 3.63) is 34.3 Å². The average Bonchev–Trinajstić information content (AvgIpc) is 2.52. The van der Waals surface area contributed by atoms with Gasteiger partial charge >= 0.3 is 0 Å². The summed E-state index contributed by atoms with van der Waals surface area (Å²) in [6, 6.07) is 6.99. The highest BCUT2D eigenvalue weighted by Gasteiger charge is 2.23. The van der Waals surface area contributed by atoms with E-state index in [2.05, 4.69) is 26.6 Å². The van der Waals surface area contributed by atoms with Gasteiger partial charge in [-0.25, -0.2) is 0 Å². The molecular weight excluding hydrogens is 348 g/mol. The van der Waals surface area contributed by atoms with Gasteiger partial charge in [0.15, 0.2) is 0 Å². The number of benzene rings is 1. The van der Waals surface area contributed by atoms with E-state index in [1.165, 1.54) is 0 Å². The summed E-state index contributed by atoms with van der Waals surface area (Å²) in [6.07, 6.45) is 3.56. The summed E-state index contributed by atoms with van der Waals surface area (Å²) in [5.74, 6) is -0.395. The van der Waals surface area contributed by atoms with Gasteiger partial charge in [-0.1, -0.05) is 34.8 Å². The molecule has 1 aromatic carbocycles. The van der Waals surface area contributed by atoms with E-state index in [-0.39, 0.29) is 30.4 Å². The molecule has 0 spiro atoms. The summed E-state index contributed by atoms with van der Waals surface area (Å²) >= 11 is 3.30. The van der Waals surface area contributed by atoms with Crippen LogP contribution >= 0.6 is 15.9 Å². The fourth-order valence-corrected chi connectivity index (χ4v) is 3.03. The first-order valence-corrected chi connectivity index (χ1v) is 8.34. The fraction of sp³-hybridized carbons (Fsp3) is 0.500. The predicted molar refractivity (Wildman–Crippen MR) is 87.4 cm³/mol. The van der Waals surface area contributed by atoms with Crippen molar-refractivity contribution < 1.29 is 14.7 Å². The van der Waals surface area contributed by atoms with Crippen molar-refractivity contribution >= 4 is 27.7 Å². The molecule has 1 aliphatic carbocycles. The van der Waals surface area contributed by atoms with Gasteiger partial charge in [0.05, 0.1) is 12.6 Å². The molecule has 2 rings (SSSR count). The van der Waals surface area contributed by atoms with E-state index in [1.54, 1.807) is 18.2 Å². The van der Waals surface area contributed by atoms with Crippen LogP contribution in [0.15, 0.2) is 28.7 Å². The molecule has 1 saturated carbocycles. The molecule has 1 aliphatic rings. The van der Waals surface area contributed by atoms with Crippen molar-refractivity contribution in [2.45, 2.75) is 31.8 Å². The van der Waals surface area contributed by atoms with Crippen LogP contribution in [0.3, 0.4) is 0 Å². The zero-order valence-corrected chi connectivity index (χ0v) is 13.9. The van der Waals surface area contributed by atoms with E-state index < -0.39 is 0 Å². The Morgan fingerprint density at radius 2 is 2.00 bits per heavy atom. The van der Waals surface area contributed by atoms with Gasteiger partial charge in [-0.3, -0.25) is 9.59 Å². The van der Waals surface area contributed by atoms with Crippen LogP contribution in [0.25, 0.3) is 0 Å². The summed E-state index contributed by atoms with van der Waals surface area (Å²) in [5.41, 5.74) is 0.505. The van der Waals surface area contributed by atoms with Crippen LogP contribution in [-0.4, -0.2) is 36.1 Å². The van der Waals surface area contributed by atoms with Crippen LogP contribution in [0.4, 0.5) is 0 Å². The quantitative estimate of drug-likeness (QED) is 0.741. The number of aliphatic hydroxyl groups excluding tert-OH is 1. The normalized spacial score (nSPS) is 21.2. The van der Waals surface area contributed by atoms with E-state index in [0.717, 1.165) is 30.2 Å². The molecule has 22 heavy (non-hydrogen) atoms. The van der Waals surface area contributed by atoms with Gasteiger partial charge in [0.1, 0.15) is 0 Å². The van der Waals surface area contributed by atoms with Crippen LogP contribution in [0.5, 0.6) is 0 Å². The second-order valence-corrected chi connectivity index (χ2v) is 6.52. The molecule has 1 aromatic rings. The molecule has 3 N–H and O–H groups in total. The maximum absolute atomic E-state index is 11.9. The number of amides is 2. The summed E-state index contributed by atoms with van der Waals surface area (Å²) in [6.45, 7) is 0.404. The second kappa shape index (κ2) is 8.29. The fourth-order valence-electron chi connectivity index (χ4n) is 2.63. The molecule has 0 aromatic heterocycles. The lowest BCUT2D eigenvalue weighted by atomic mass is 9.86. The number of hydrogen-bond donors (Lipinski definition) is 3. The first-order valence-electron chi connectivity index (χ1n) is 7.55. The summed E-state index contributed by atoms with van der Waals surface area (Å²) in [5, 5.41) is 15.2. The molecular formula is C16H21BrN2O3. The maximum Gasteiger partial charge on any atom is 0.251 e. The van der Waals surface area contributed by atoms with Crippen molar-refractivity contribution in [1.29, 1.82) is 0 Å². The molecule has 0 radical (unpaired) electrons. The van der Waals surface area contributed by atoms with Gasteiger partial charge in [0, 0.05) is 22.5 Å². The number of hydrogen-bond acceptors (Lipinski definition) is 3. The van der Waals surface area contributed by atoms with Crippen LogP contribution in [-0.2, 0) is 4.79 Å². The minimum absolute atomic E-state index is 0.0613. The van der Waals surface area contributed by atoms with Gasteiger partial charge < -0.3 is 15.7 Å². The molecule has 5 nitrogen and oxygen atoms in total. The molecule has 0 aliphatic heterocycles. The van der Waals surface area contributed by atoms with E-state index in [1.807, 2.05) is 6.07 Å². The summed E-state index contributed by atoms with van der Waals surface area (Å²) in [4.78, 5) is 23.7. The molecule has 6 heteroatoms. The highest BCUT2D eigenvalue weighted by molar-refractivity contribution is 9.10. The third-order valence-corrected chi connectivity index (χ3v) is 4.42. The predicted octanol–water partition coefficient (Wildman–Crippen LogP) is 1.85. The maximum atomic E-state index is 11.9. The Hall–Kier alpha value is -1.40. The Kier molecular flexibility index (Phi) is 6.39. The average molecular weight is 369 g/mol. The Balaban J connectivity index is 1.72. The largest absolute Gasteiger partial charge is 0.393 e. The minimum atomic E-state index is -0.328. The van der Waals surface area contributed by atoms with Gasteiger partial charge in [-0.15, -0.1) is 0 Å². The zero-order valence-electron chi connectivity index (χ0n) is 12.3. The molecule has 2 amide bonds. The van der Waals surface area contributed by atoms with Crippen molar-refractivity contribution in [3.8, 4) is 0 Å². The lowest BCUT2D eigenvalue weighted by Crippen LogP contribution is -2.41. The van der Waals surface area contributed by atoms with Crippen molar-refractivity contribution in [3.63, 3.8) is 0 Å². The summed E-state index contributed by atoms with van der Waals surface area (Å²) in [7, 11) is 0. The Morgan fingerprint density at radius 3 is 2.73 bits per heavy atom. The molecule has 0 saturated heterocycles. The van der Waals surface area contributed by atoms with Crippen LogP contribution in [0.2, 0.25) is 0 Å². The van der Waals surface area contributed by atoms with Crippen LogP contribution in [0.1, 0.15) is 36.0 Å². The van der Waals surface area contributed by atoms with E-state index in [0.29, 0.717) is 12.1 Å². The summed E-state index contributed by atoms with van der Waals surface area (Å²) < 4.78 is 0.816. The van der Waals surface area contributed by atoms with Crippen LogP contribution < -0.4 is 10.6 Å². The smallest absolute Gasteiger partial charge is 0.251 e. The third kappa shape index (κ3) is 5.10. The second-order valence-electron chi connectivity index (χ2n) is 5.61. The lowest BCUT2D eigenvalue weighted by molar-refractivity contribution is -0.120. The Morgan fingerprint density at radius 1 is 1.23 bits per heavy atom. The third-order valence-electron chi connectivity index (χ3n) is 3.93. The van der Waals surface area contributed by atoms with Crippen molar-refractivity contribution in [2.24, 2.45) is 5.92 Å². The molecule has 120 valence electrons. The number of aliphatic hydroxyl groups is 1. The molecule has 2 atom stereocenters. The first-order chi connectivity index (χ1) is 10.6. The van der Waals surface area contributed by atoms with Crippen molar-refractivity contribution in [2.75, 3.05) is 13.1 Å². The molecule has 0 unspecified atom stereocenters. The van der Waals surface area contributed by atoms with E-state index in [4.69, 9.17) is 0 Å². The molecule has 0 heterocycles. The number of nitrogens with one attached hydrogen (secondary N) is 2. The van der Waals surface area contributed by atoms with Crippen LogP contribution in [0, 0.1) is 5.92 Å².